The zero-order chi connectivity index (χ0) is 6.54. The molecule has 0 aromatic carbocycles. The third-order valence-electron chi connectivity index (χ3n) is 2.17. The van der Waals surface area contributed by atoms with Crippen LogP contribution in [0.25, 0.3) is 0 Å². The second kappa shape index (κ2) is 1.16. The summed E-state index contributed by atoms with van der Waals surface area (Å²) in [6.45, 7) is 0.650. The lowest BCUT2D eigenvalue weighted by atomic mass is 9.70. The van der Waals surface area contributed by atoms with Crippen LogP contribution >= 0.6 is 0 Å². The summed E-state index contributed by atoms with van der Waals surface area (Å²) in [6.07, 6.45) is 6.95. The van der Waals surface area contributed by atoms with E-state index in [2.05, 4.69) is 5.92 Å². The fourth-order valence-electron chi connectivity index (χ4n) is 1.72. The summed E-state index contributed by atoms with van der Waals surface area (Å²) in [5, 5.41) is 0. The molecule has 0 spiro atoms. The Balaban J connectivity index is 2.24. The van der Waals surface area contributed by atoms with E-state index in [0.29, 0.717) is 6.61 Å². The molecular formula is C7H9NO. The Bertz CT molecular complexity index is 186. The van der Waals surface area contributed by atoms with Gasteiger partial charge in [-0.2, -0.15) is 0 Å². The maximum atomic E-state index is 5.78. The van der Waals surface area contributed by atoms with Crippen LogP contribution in [-0.4, -0.2) is 17.7 Å². The lowest BCUT2D eigenvalue weighted by Crippen LogP contribution is -2.54. The van der Waals surface area contributed by atoms with Crippen LogP contribution in [0.4, 0.5) is 0 Å². The van der Waals surface area contributed by atoms with Gasteiger partial charge in [0.05, 0.1) is 6.61 Å². The highest BCUT2D eigenvalue weighted by Crippen LogP contribution is 2.49. The summed E-state index contributed by atoms with van der Waals surface area (Å²) in [4.78, 5) is 0. The van der Waals surface area contributed by atoms with E-state index in [4.69, 9.17) is 16.9 Å². The van der Waals surface area contributed by atoms with Gasteiger partial charge in [-0.1, -0.05) is 5.92 Å². The van der Waals surface area contributed by atoms with Crippen LogP contribution in [-0.2, 0) is 4.74 Å². The smallest absolute Gasteiger partial charge is 0.132 e. The Morgan fingerprint density at radius 3 is 2.44 bits per heavy atom. The van der Waals surface area contributed by atoms with Crippen molar-refractivity contribution in [3.63, 3.8) is 0 Å². The van der Waals surface area contributed by atoms with E-state index in [-0.39, 0.29) is 11.1 Å². The lowest BCUT2D eigenvalue weighted by Gasteiger charge is -2.37. The first-order chi connectivity index (χ1) is 4.18. The standard InChI is InChI=1S/C7H9NO/c1-2-7-3-6(8,4-7)5-9-7/h1H,3-5,8H2. The summed E-state index contributed by atoms with van der Waals surface area (Å²) < 4.78 is 5.31. The molecule has 3 rings (SSSR count). The van der Waals surface area contributed by atoms with E-state index < -0.39 is 0 Å². The van der Waals surface area contributed by atoms with Gasteiger partial charge in [-0.3, -0.25) is 0 Å². The molecule has 3 fully saturated rings. The molecule has 0 radical (unpaired) electrons. The number of rotatable bonds is 0. The molecule has 3 aliphatic rings. The van der Waals surface area contributed by atoms with Crippen LogP contribution in [0.3, 0.4) is 0 Å². The molecule has 2 saturated heterocycles. The molecule has 2 aliphatic heterocycles. The van der Waals surface area contributed by atoms with Crippen molar-refractivity contribution in [2.45, 2.75) is 24.0 Å². The molecule has 0 aromatic rings. The van der Waals surface area contributed by atoms with Crippen molar-refractivity contribution in [3.8, 4) is 12.3 Å². The molecule has 2 heteroatoms. The number of terminal acetylenes is 1. The van der Waals surface area contributed by atoms with E-state index in [0.717, 1.165) is 12.8 Å². The molecule has 48 valence electrons. The highest BCUT2D eigenvalue weighted by atomic mass is 16.5. The minimum Gasteiger partial charge on any atom is -0.360 e. The quantitative estimate of drug-likeness (QED) is 0.456. The molecule has 1 aliphatic carbocycles. The van der Waals surface area contributed by atoms with Crippen LogP contribution in [0.1, 0.15) is 12.8 Å². The Hall–Kier alpha value is -0.520. The minimum absolute atomic E-state index is 0.0631. The van der Waals surface area contributed by atoms with E-state index >= 15 is 0 Å². The van der Waals surface area contributed by atoms with Gasteiger partial charge < -0.3 is 10.5 Å². The highest BCUT2D eigenvalue weighted by Gasteiger charge is 2.59. The average Bonchev–Trinajstić information content (AvgIpc) is 2.20. The fraction of sp³-hybridized carbons (Fsp3) is 0.714. The molecule has 0 aromatic heterocycles. The van der Waals surface area contributed by atoms with Crippen molar-refractivity contribution in [1.82, 2.24) is 0 Å². The Labute approximate surface area is 54.4 Å². The van der Waals surface area contributed by atoms with Gasteiger partial charge in [-0.25, -0.2) is 0 Å². The van der Waals surface area contributed by atoms with Crippen LogP contribution in [0, 0.1) is 12.3 Å². The van der Waals surface area contributed by atoms with E-state index in [1.165, 1.54) is 0 Å². The first-order valence-corrected chi connectivity index (χ1v) is 3.09. The van der Waals surface area contributed by atoms with Gasteiger partial charge >= 0.3 is 0 Å². The number of ether oxygens (including phenoxy) is 1. The van der Waals surface area contributed by atoms with Gasteiger partial charge in [0.2, 0.25) is 0 Å². The van der Waals surface area contributed by atoms with Gasteiger partial charge in [0.1, 0.15) is 5.60 Å². The first kappa shape index (κ1) is 5.28. The zero-order valence-electron chi connectivity index (χ0n) is 5.18. The summed E-state index contributed by atoms with van der Waals surface area (Å²) in [7, 11) is 0. The van der Waals surface area contributed by atoms with Crippen molar-refractivity contribution >= 4 is 0 Å². The van der Waals surface area contributed by atoms with Gasteiger partial charge in [-0.15, -0.1) is 6.42 Å². The lowest BCUT2D eigenvalue weighted by molar-refractivity contribution is 0.0553. The molecule has 0 unspecified atom stereocenters. The molecule has 2 heterocycles. The summed E-state index contributed by atoms with van der Waals surface area (Å²) in [6, 6.07) is 0. The Morgan fingerprint density at radius 1 is 1.56 bits per heavy atom. The fourth-order valence-corrected chi connectivity index (χ4v) is 1.72. The first-order valence-electron chi connectivity index (χ1n) is 3.09. The van der Waals surface area contributed by atoms with Gasteiger partial charge in [-0.05, 0) is 0 Å². The van der Waals surface area contributed by atoms with Gasteiger partial charge in [0.15, 0.2) is 0 Å². The zero-order valence-corrected chi connectivity index (χ0v) is 5.18. The molecule has 9 heavy (non-hydrogen) atoms. The van der Waals surface area contributed by atoms with Gasteiger partial charge in [0.25, 0.3) is 0 Å². The molecule has 0 atom stereocenters. The largest absolute Gasteiger partial charge is 0.360 e. The van der Waals surface area contributed by atoms with Crippen molar-refractivity contribution < 1.29 is 4.74 Å². The van der Waals surface area contributed by atoms with Crippen molar-refractivity contribution in [1.29, 1.82) is 0 Å². The van der Waals surface area contributed by atoms with Crippen molar-refractivity contribution in [2.24, 2.45) is 5.73 Å². The van der Waals surface area contributed by atoms with Crippen LogP contribution in [0.15, 0.2) is 0 Å². The molecule has 1 saturated carbocycles. The van der Waals surface area contributed by atoms with Crippen molar-refractivity contribution in [2.75, 3.05) is 6.61 Å². The normalized spacial score (nSPS) is 54.2. The number of nitrogens with two attached hydrogens (primary N) is 1. The predicted octanol–water partition coefficient (Wildman–Crippen LogP) is -0.120. The third-order valence-corrected chi connectivity index (χ3v) is 2.17. The topological polar surface area (TPSA) is 35.2 Å². The second-order valence-corrected chi connectivity index (χ2v) is 3.14. The number of hydrogen-bond acceptors (Lipinski definition) is 2. The second-order valence-electron chi connectivity index (χ2n) is 3.14. The molecule has 0 amide bonds. The Kier molecular flexibility index (Phi) is 0.678. The average molecular weight is 123 g/mol. The van der Waals surface area contributed by atoms with Crippen molar-refractivity contribution in [3.05, 3.63) is 0 Å². The van der Waals surface area contributed by atoms with Crippen LogP contribution < -0.4 is 5.73 Å². The maximum Gasteiger partial charge on any atom is 0.132 e. The molecule has 2 bridgehead atoms. The SMILES string of the molecule is C#CC12CC(N)(CO1)C2. The third kappa shape index (κ3) is 0.487. The molecule has 2 N–H and O–H groups in total. The monoisotopic (exact) mass is 123 g/mol. The minimum atomic E-state index is -0.255. The van der Waals surface area contributed by atoms with Crippen LogP contribution in [0.2, 0.25) is 0 Å². The van der Waals surface area contributed by atoms with E-state index in [9.17, 15) is 0 Å². The summed E-state index contributed by atoms with van der Waals surface area (Å²) >= 11 is 0. The number of hydrogen-bond donors (Lipinski definition) is 1. The molecule has 2 nitrogen and oxygen atoms in total. The van der Waals surface area contributed by atoms with E-state index in [1.807, 2.05) is 0 Å². The number of fused-ring (bicyclic) bond motifs is 1. The van der Waals surface area contributed by atoms with E-state index in [1.54, 1.807) is 0 Å². The summed E-state index contributed by atoms with van der Waals surface area (Å²) in [5.74, 6) is 2.63. The molecular weight excluding hydrogens is 114 g/mol. The van der Waals surface area contributed by atoms with Gasteiger partial charge in [0, 0.05) is 18.4 Å². The highest BCUT2D eigenvalue weighted by molar-refractivity contribution is 5.27. The Morgan fingerprint density at radius 2 is 2.22 bits per heavy atom. The summed E-state index contributed by atoms with van der Waals surface area (Å²) in [5.41, 5.74) is 5.47. The predicted molar refractivity (Wildman–Crippen MR) is 33.7 cm³/mol. The van der Waals surface area contributed by atoms with Crippen LogP contribution in [0.5, 0.6) is 0 Å². The maximum absolute atomic E-state index is 5.78.